The summed E-state index contributed by atoms with van der Waals surface area (Å²) in [5, 5.41) is 10.0. The number of para-hydroxylation sites is 1. The summed E-state index contributed by atoms with van der Waals surface area (Å²) >= 11 is 0. The monoisotopic (exact) mass is 272 g/mol. The number of hydrogen-bond acceptors (Lipinski definition) is 2. The minimum Gasteiger partial charge on any atom is -0.396 e. The van der Waals surface area contributed by atoms with E-state index in [9.17, 15) is 4.79 Å². The lowest BCUT2D eigenvalue weighted by Gasteiger charge is -2.27. The molecule has 106 valence electrons. The number of benzene rings is 1. The van der Waals surface area contributed by atoms with Crippen LogP contribution in [0.2, 0.25) is 0 Å². The van der Waals surface area contributed by atoms with Crippen LogP contribution in [0.4, 0.5) is 0 Å². The maximum absolute atomic E-state index is 12.2. The van der Waals surface area contributed by atoms with E-state index in [1.54, 1.807) is 0 Å². The van der Waals surface area contributed by atoms with Gasteiger partial charge in [0, 0.05) is 54.7 Å². The molecule has 0 unspecified atom stereocenters. The molecule has 1 aromatic carbocycles. The van der Waals surface area contributed by atoms with Crippen LogP contribution in [0.3, 0.4) is 0 Å². The summed E-state index contributed by atoms with van der Waals surface area (Å²) in [6.07, 6.45) is 2.92. The van der Waals surface area contributed by atoms with Gasteiger partial charge in [-0.05, 0) is 18.9 Å². The Morgan fingerprint density at radius 2 is 2.15 bits per heavy atom. The lowest BCUT2D eigenvalue weighted by molar-refractivity contribution is -0.132. The van der Waals surface area contributed by atoms with Crippen molar-refractivity contribution in [1.82, 2.24) is 9.88 Å². The average Bonchev–Trinajstić information content (AvgIpc) is 2.85. The van der Waals surface area contributed by atoms with Gasteiger partial charge in [0.2, 0.25) is 5.91 Å². The Bertz CT molecular complexity index is 618. The van der Waals surface area contributed by atoms with E-state index in [0.29, 0.717) is 19.4 Å². The molecule has 20 heavy (non-hydrogen) atoms. The number of hydrogen-bond donors (Lipinski definition) is 2. The van der Waals surface area contributed by atoms with Gasteiger partial charge in [-0.15, -0.1) is 0 Å². The zero-order chi connectivity index (χ0) is 13.9. The molecule has 0 radical (unpaired) electrons. The molecule has 4 heteroatoms. The molecule has 2 aromatic rings. The molecule has 0 aliphatic carbocycles. The second kappa shape index (κ2) is 5.67. The van der Waals surface area contributed by atoms with Gasteiger partial charge in [0.1, 0.15) is 0 Å². The van der Waals surface area contributed by atoms with Gasteiger partial charge in [-0.2, -0.15) is 0 Å². The summed E-state index contributed by atoms with van der Waals surface area (Å²) in [6, 6.07) is 8.27. The normalized spacial score (nSPS) is 14.6. The first-order valence-electron chi connectivity index (χ1n) is 7.26. The number of carbonyl (C=O) groups is 1. The van der Waals surface area contributed by atoms with E-state index in [-0.39, 0.29) is 12.5 Å². The molecule has 1 amide bonds. The van der Waals surface area contributed by atoms with Crippen LogP contribution in [0.1, 0.15) is 30.5 Å². The van der Waals surface area contributed by atoms with Crippen LogP contribution in [0.25, 0.3) is 10.9 Å². The van der Waals surface area contributed by atoms with Crippen molar-refractivity contribution < 1.29 is 9.90 Å². The number of aromatic nitrogens is 1. The third kappa shape index (κ3) is 2.43. The number of nitrogens with zero attached hydrogens (tertiary/aromatic N) is 1. The van der Waals surface area contributed by atoms with Crippen molar-refractivity contribution in [1.29, 1.82) is 0 Å². The standard InChI is InChI=1S/C16H20N2O2/c19-10-4-3-7-16(20)18-9-8-15-13(11-18)12-5-1-2-6-14(12)17-15/h1-2,5-6,17,19H,3-4,7-11H2. The van der Waals surface area contributed by atoms with Gasteiger partial charge in [-0.1, -0.05) is 18.2 Å². The van der Waals surface area contributed by atoms with E-state index in [4.69, 9.17) is 5.11 Å². The molecule has 0 saturated heterocycles. The highest BCUT2D eigenvalue weighted by molar-refractivity contribution is 5.86. The van der Waals surface area contributed by atoms with Crippen molar-refractivity contribution in [2.24, 2.45) is 0 Å². The van der Waals surface area contributed by atoms with Crippen LogP contribution in [0, 0.1) is 0 Å². The summed E-state index contributed by atoms with van der Waals surface area (Å²) in [6.45, 7) is 1.66. The number of aliphatic hydroxyl groups is 1. The topological polar surface area (TPSA) is 56.3 Å². The molecule has 4 nitrogen and oxygen atoms in total. The number of aliphatic hydroxyl groups excluding tert-OH is 1. The van der Waals surface area contributed by atoms with E-state index in [1.165, 1.54) is 16.6 Å². The first-order valence-corrected chi connectivity index (χ1v) is 7.26. The predicted molar refractivity (Wildman–Crippen MR) is 78.4 cm³/mol. The number of carbonyl (C=O) groups excluding carboxylic acids is 1. The smallest absolute Gasteiger partial charge is 0.222 e. The lowest BCUT2D eigenvalue weighted by Crippen LogP contribution is -2.35. The summed E-state index contributed by atoms with van der Waals surface area (Å²) < 4.78 is 0. The third-order valence-corrected chi connectivity index (χ3v) is 4.03. The van der Waals surface area contributed by atoms with Crippen molar-refractivity contribution in [2.75, 3.05) is 13.2 Å². The van der Waals surface area contributed by atoms with E-state index >= 15 is 0 Å². The SMILES string of the molecule is O=C(CCCCO)N1CCc2[nH]c3ccccc3c2C1. The van der Waals surface area contributed by atoms with E-state index in [2.05, 4.69) is 17.1 Å². The molecule has 0 spiro atoms. The molecular formula is C16H20N2O2. The fraction of sp³-hybridized carbons (Fsp3) is 0.438. The van der Waals surface area contributed by atoms with Gasteiger partial charge < -0.3 is 15.0 Å². The van der Waals surface area contributed by atoms with Crippen LogP contribution in [0.15, 0.2) is 24.3 Å². The molecule has 1 aliphatic rings. The van der Waals surface area contributed by atoms with Crippen LogP contribution in [0.5, 0.6) is 0 Å². The van der Waals surface area contributed by atoms with Crippen molar-refractivity contribution >= 4 is 16.8 Å². The maximum Gasteiger partial charge on any atom is 0.222 e. The molecule has 0 fully saturated rings. The zero-order valence-corrected chi connectivity index (χ0v) is 11.6. The number of fused-ring (bicyclic) bond motifs is 3. The summed E-state index contributed by atoms with van der Waals surface area (Å²) in [5.41, 5.74) is 3.69. The fourth-order valence-corrected chi connectivity index (χ4v) is 2.93. The van der Waals surface area contributed by atoms with Gasteiger partial charge >= 0.3 is 0 Å². The van der Waals surface area contributed by atoms with Gasteiger partial charge in [-0.25, -0.2) is 0 Å². The van der Waals surface area contributed by atoms with Gasteiger partial charge in [0.15, 0.2) is 0 Å². The molecule has 0 saturated carbocycles. The Morgan fingerprint density at radius 1 is 1.30 bits per heavy atom. The molecule has 0 bridgehead atoms. The Labute approximate surface area is 118 Å². The van der Waals surface area contributed by atoms with Gasteiger partial charge in [-0.3, -0.25) is 4.79 Å². The highest BCUT2D eigenvalue weighted by Gasteiger charge is 2.23. The average molecular weight is 272 g/mol. The maximum atomic E-state index is 12.2. The summed E-state index contributed by atoms with van der Waals surface area (Å²) in [7, 11) is 0. The van der Waals surface area contributed by atoms with Crippen molar-refractivity contribution in [3.63, 3.8) is 0 Å². The van der Waals surface area contributed by atoms with E-state index in [1.807, 2.05) is 17.0 Å². The fourth-order valence-electron chi connectivity index (χ4n) is 2.93. The molecule has 1 aliphatic heterocycles. The molecular weight excluding hydrogens is 252 g/mol. The second-order valence-corrected chi connectivity index (χ2v) is 5.37. The van der Waals surface area contributed by atoms with Crippen LogP contribution >= 0.6 is 0 Å². The number of aromatic amines is 1. The van der Waals surface area contributed by atoms with Crippen molar-refractivity contribution in [3.8, 4) is 0 Å². The number of unbranched alkanes of at least 4 members (excludes halogenated alkanes) is 1. The number of amides is 1. The molecule has 3 rings (SSSR count). The Hall–Kier alpha value is -1.81. The van der Waals surface area contributed by atoms with Gasteiger partial charge in [0.05, 0.1) is 0 Å². The molecule has 2 heterocycles. The minimum atomic E-state index is 0.167. The van der Waals surface area contributed by atoms with Gasteiger partial charge in [0.25, 0.3) is 0 Å². The van der Waals surface area contributed by atoms with Crippen molar-refractivity contribution in [2.45, 2.75) is 32.2 Å². The first kappa shape index (κ1) is 13.2. The number of H-pyrrole nitrogens is 1. The number of rotatable bonds is 4. The zero-order valence-electron chi connectivity index (χ0n) is 11.6. The third-order valence-electron chi connectivity index (χ3n) is 4.03. The van der Waals surface area contributed by atoms with E-state index in [0.717, 1.165) is 24.9 Å². The predicted octanol–water partition coefficient (Wildman–Crippen LogP) is 2.22. The first-order chi connectivity index (χ1) is 9.79. The number of nitrogens with one attached hydrogen (secondary N) is 1. The summed E-state index contributed by atoms with van der Waals surface area (Å²) in [5.74, 6) is 0.203. The quantitative estimate of drug-likeness (QED) is 0.838. The van der Waals surface area contributed by atoms with Crippen molar-refractivity contribution in [3.05, 3.63) is 35.5 Å². The molecule has 0 atom stereocenters. The highest BCUT2D eigenvalue weighted by Crippen LogP contribution is 2.27. The Kier molecular flexibility index (Phi) is 3.74. The lowest BCUT2D eigenvalue weighted by atomic mass is 10.0. The molecule has 2 N–H and O–H groups in total. The second-order valence-electron chi connectivity index (χ2n) is 5.37. The summed E-state index contributed by atoms with van der Waals surface area (Å²) in [4.78, 5) is 17.6. The van der Waals surface area contributed by atoms with Crippen LogP contribution < -0.4 is 0 Å². The van der Waals surface area contributed by atoms with E-state index < -0.39 is 0 Å². The largest absolute Gasteiger partial charge is 0.396 e. The van der Waals surface area contributed by atoms with Crippen LogP contribution in [-0.4, -0.2) is 34.0 Å². The highest BCUT2D eigenvalue weighted by atomic mass is 16.3. The molecule has 1 aromatic heterocycles. The van der Waals surface area contributed by atoms with Crippen LogP contribution in [-0.2, 0) is 17.8 Å². The Morgan fingerprint density at radius 3 is 3.00 bits per heavy atom. The minimum absolute atomic E-state index is 0.167. The Balaban J connectivity index is 1.76.